The highest BCUT2D eigenvalue weighted by Crippen LogP contribution is 2.24. The van der Waals surface area contributed by atoms with E-state index in [-0.39, 0.29) is 23.7 Å². The van der Waals surface area contributed by atoms with Crippen LogP contribution in [0.2, 0.25) is 5.02 Å². The number of nitrogens with one attached hydrogen (secondary N) is 2. The Labute approximate surface area is 183 Å². The maximum Gasteiger partial charge on any atom is 0.293 e. The number of nitrogens with zero attached hydrogens (tertiary/aromatic N) is 4. The van der Waals surface area contributed by atoms with Gasteiger partial charge in [0.05, 0.1) is 18.4 Å². The Balaban J connectivity index is 1.43. The molecule has 1 saturated carbocycles. The molecule has 1 fully saturated rings. The third-order valence-electron chi connectivity index (χ3n) is 5.07. The Morgan fingerprint density at radius 2 is 1.84 bits per heavy atom. The van der Waals surface area contributed by atoms with Crippen molar-refractivity contribution in [1.29, 1.82) is 0 Å². The van der Waals surface area contributed by atoms with Gasteiger partial charge in [-0.2, -0.15) is 0 Å². The molecule has 1 aliphatic carbocycles. The van der Waals surface area contributed by atoms with E-state index in [1.807, 2.05) is 0 Å². The van der Waals surface area contributed by atoms with Crippen LogP contribution in [0.5, 0.6) is 5.75 Å². The van der Waals surface area contributed by atoms with E-state index in [1.54, 1.807) is 42.5 Å². The number of aromatic nitrogens is 4. The van der Waals surface area contributed by atoms with Gasteiger partial charge in [0.1, 0.15) is 5.75 Å². The molecule has 9 nitrogen and oxygen atoms in total. The van der Waals surface area contributed by atoms with Gasteiger partial charge in [-0.05, 0) is 60.5 Å². The first kappa shape index (κ1) is 20.8. The van der Waals surface area contributed by atoms with Crippen LogP contribution in [0.25, 0.3) is 5.69 Å². The number of carbonyl (C=O) groups is 2. The minimum atomic E-state index is -0.350. The van der Waals surface area contributed by atoms with Crippen molar-refractivity contribution in [3.8, 4) is 11.4 Å². The van der Waals surface area contributed by atoms with Crippen molar-refractivity contribution in [2.24, 2.45) is 0 Å². The van der Waals surface area contributed by atoms with E-state index in [4.69, 9.17) is 16.3 Å². The molecular weight excluding hydrogens is 420 g/mol. The summed E-state index contributed by atoms with van der Waals surface area (Å²) in [4.78, 5) is 26.1. The van der Waals surface area contributed by atoms with E-state index in [0.29, 0.717) is 27.7 Å². The summed E-state index contributed by atoms with van der Waals surface area (Å²) in [7, 11) is 1.49. The molecule has 0 aliphatic heterocycles. The zero-order valence-electron chi connectivity index (χ0n) is 16.8. The monoisotopic (exact) mass is 440 g/mol. The summed E-state index contributed by atoms with van der Waals surface area (Å²) in [5, 5.41) is 18.1. The fourth-order valence-electron chi connectivity index (χ4n) is 3.47. The lowest BCUT2D eigenvalue weighted by atomic mass is 10.2. The van der Waals surface area contributed by atoms with Crippen LogP contribution in [0, 0.1) is 0 Å². The molecule has 0 bridgehead atoms. The lowest BCUT2D eigenvalue weighted by molar-refractivity contribution is 0.0926. The fourth-order valence-corrected chi connectivity index (χ4v) is 3.64. The Morgan fingerprint density at radius 1 is 1.10 bits per heavy atom. The predicted molar refractivity (Wildman–Crippen MR) is 115 cm³/mol. The summed E-state index contributed by atoms with van der Waals surface area (Å²) in [5.74, 6) is -0.222. The van der Waals surface area contributed by atoms with Gasteiger partial charge in [0.15, 0.2) is 0 Å². The van der Waals surface area contributed by atoms with Crippen LogP contribution >= 0.6 is 11.6 Å². The Bertz CT molecular complexity index is 1090. The zero-order chi connectivity index (χ0) is 21.8. The van der Waals surface area contributed by atoms with Crippen LogP contribution in [0.4, 0.5) is 5.69 Å². The third-order valence-corrected chi connectivity index (χ3v) is 5.30. The second-order valence-corrected chi connectivity index (χ2v) is 7.64. The van der Waals surface area contributed by atoms with Crippen LogP contribution < -0.4 is 15.4 Å². The number of amides is 2. The first-order valence-corrected chi connectivity index (χ1v) is 10.3. The van der Waals surface area contributed by atoms with E-state index in [1.165, 1.54) is 11.9 Å². The van der Waals surface area contributed by atoms with Crippen molar-refractivity contribution in [1.82, 2.24) is 25.5 Å². The van der Waals surface area contributed by atoms with E-state index in [0.717, 1.165) is 25.7 Å². The summed E-state index contributed by atoms with van der Waals surface area (Å²) in [6.45, 7) is 0. The van der Waals surface area contributed by atoms with Crippen molar-refractivity contribution in [3.63, 3.8) is 0 Å². The number of hydrogen-bond acceptors (Lipinski definition) is 6. The first-order chi connectivity index (χ1) is 15.0. The molecule has 4 rings (SSSR count). The number of tetrazole rings is 1. The normalized spacial score (nSPS) is 13.7. The highest BCUT2D eigenvalue weighted by molar-refractivity contribution is 6.31. The first-order valence-electron chi connectivity index (χ1n) is 9.89. The average Bonchev–Trinajstić information content (AvgIpc) is 3.46. The number of halogens is 1. The van der Waals surface area contributed by atoms with Crippen molar-refractivity contribution in [2.75, 3.05) is 12.4 Å². The minimum absolute atomic E-state index is 0.0253. The van der Waals surface area contributed by atoms with Crippen molar-refractivity contribution >= 4 is 29.1 Å². The standard InChI is InChI=1S/C21H21ClN6O3/c1-31-18-11-6-13(22)12-17(18)20(29)23-15-7-9-16(10-8-15)28-26-19(25-27-28)21(30)24-14-4-2-3-5-14/h6-12,14H,2-5H2,1H3,(H,23,29)(H,24,30). The van der Waals surface area contributed by atoms with Crippen LogP contribution in [0.3, 0.4) is 0 Å². The summed E-state index contributed by atoms with van der Waals surface area (Å²) in [6, 6.07) is 11.8. The number of methoxy groups -OCH3 is 1. The Hall–Kier alpha value is -3.46. The molecule has 31 heavy (non-hydrogen) atoms. The number of anilines is 1. The molecule has 3 aromatic rings. The van der Waals surface area contributed by atoms with Crippen molar-refractivity contribution < 1.29 is 14.3 Å². The molecule has 0 atom stereocenters. The second kappa shape index (κ2) is 9.13. The summed E-state index contributed by atoms with van der Waals surface area (Å²) in [5.41, 5.74) is 1.50. The van der Waals surface area contributed by atoms with Crippen LogP contribution in [-0.4, -0.2) is 45.2 Å². The van der Waals surface area contributed by atoms with E-state index in [2.05, 4.69) is 26.0 Å². The van der Waals surface area contributed by atoms with Crippen LogP contribution in [0.15, 0.2) is 42.5 Å². The molecular formula is C21H21ClN6O3. The maximum absolute atomic E-state index is 12.6. The molecule has 0 radical (unpaired) electrons. The number of ether oxygens (including phenoxy) is 1. The van der Waals surface area contributed by atoms with E-state index >= 15 is 0 Å². The molecule has 2 amide bonds. The van der Waals surface area contributed by atoms with Crippen LogP contribution in [0.1, 0.15) is 46.7 Å². The summed E-state index contributed by atoms with van der Waals surface area (Å²) < 4.78 is 5.22. The van der Waals surface area contributed by atoms with Gasteiger partial charge < -0.3 is 15.4 Å². The van der Waals surface area contributed by atoms with Gasteiger partial charge in [0.25, 0.3) is 17.6 Å². The predicted octanol–water partition coefficient (Wildman–Crippen LogP) is 3.25. The topological polar surface area (TPSA) is 111 Å². The van der Waals surface area contributed by atoms with Crippen molar-refractivity contribution in [2.45, 2.75) is 31.7 Å². The largest absolute Gasteiger partial charge is 0.496 e. The number of rotatable bonds is 6. The number of hydrogen-bond donors (Lipinski definition) is 2. The minimum Gasteiger partial charge on any atom is -0.496 e. The second-order valence-electron chi connectivity index (χ2n) is 7.20. The third kappa shape index (κ3) is 4.83. The van der Waals surface area contributed by atoms with Gasteiger partial charge in [-0.1, -0.05) is 24.4 Å². The van der Waals surface area contributed by atoms with Crippen molar-refractivity contribution in [3.05, 3.63) is 58.9 Å². The van der Waals surface area contributed by atoms with Gasteiger partial charge in [-0.15, -0.1) is 15.0 Å². The molecule has 1 heterocycles. The average molecular weight is 441 g/mol. The lowest BCUT2D eigenvalue weighted by Crippen LogP contribution is -2.33. The molecule has 2 N–H and O–H groups in total. The molecule has 0 spiro atoms. The van der Waals surface area contributed by atoms with Crippen LogP contribution in [-0.2, 0) is 0 Å². The van der Waals surface area contributed by atoms with Gasteiger partial charge in [-0.3, -0.25) is 9.59 Å². The van der Waals surface area contributed by atoms with Gasteiger partial charge in [0.2, 0.25) is 0 Å². The zero-order valence-corrected chi connectivity index (χ0v) is 17.6. The molecule has 1 aromatic heterocycles. The van der Waals surface area contributed by atoms with E-state index in [9.17, 15) is 9.59 Å². The summed E-state index contributed by atoms with van der Waals surface area (Å²) >= 11 is 5.99. The highest BCUT2D eigenvalue weighted by Gasteiger charge is 2.21. The lowest BCUT2D eigenvalue weighted by Gasteiger charge is -2.10. The quantitative estimate of drug-likeness (QED) is 0.608. The number of carbonyl (C=O) groups excluding carboxylic acids is 2. The number of benzene rings is 2. The molecule has 1 aliphatic rings. The fraction of sp³-hybridized carbons (Fsp3) is 0.286. The molecule has 160 valence electrons. The molecule has 2 aromatic carbocycles. The van der Waals surface area contributed by atoms with E-state index < -0.39 is 0 Å². The SMILES string of the molecule is COc1ccc(Cl)cc1C(=O)Nc1ccc(-n2nnc(C(=O)NC3CCCC3)n2)cc1. The van der Waals surface area contributed by atoms with Gasteiger partial charge in [0, 0.05) is 16.8 Å². The van der Waals surface area contributed by atoms with Gasteiger partial charge >= 0.3 is 0 Å². The summed E-state index contributed by atoms with van der Waals surface area (Å²) in [6.07, 6.45) is 4.21. The smallest absolute Gasteiger partial charge is 0.293 e. The Kier molecular flexibility index (Phi) is 6.13. The highest BCUT2D eigenvalue weighted by atomic mass is 35.5. The molecule has 10 heteroatoms. The molecule has 0 unspecified atom stereocenters. The Morgan fingerprint density at radius 3 is 2.55 bits per heavy atom. The van der Waals surface area contributed by atoms with Gasteiger partial charge in [-0.25, -0.2) is 0 Å². The maximum atomic E-state index is 12.6. The molecule has 0 saturated heterocycles.